The maximum Gasteiger partial charge on any atom is 0.227 e. The molecule has 14 aromatic rings. The van der Waals surface area contributed by atoms with E-state index in [1.54, 1.807) is 0 Å². The predicted octanol–water partition coefficient (Wildman–Crippen LogP) is 18.2. The van der Waals surface area contributed by atoms with Gasteiger partial charge in [-0.25, -0.2) is 9.97 Å². The zero-order chi connectivity index (χ0) is 57.2. The molecule has 6 nitrogen and oxygen atoms in total. The number of anilines is 6. The highest BCUT2D eigenvalue weighted by atomic mass is 28.3. The summed E-state index contributed by atoms with van der Waals surface area (Å²) >= 11 is 0. The Kier molecular flexibility index (Phi) is 12.7. The van der Waals surface area contributed by atoms with E-state index in [1.165, 1.54) is 10.4 Å². The maximum atomic E-state index is 7.67. The van der Waals surface area contributed by atoms with Gasteiger partial charge in [0.05, 0.1) is 11.4 Å². The summed E-state index contributed by atoms with van der Waals surface area (Å²) in [7, 11) is -3.54. The fourth-order valence-electron chi connectivity index (χ4n) is 13.3. The summed E-state index contributed by atoms with van der Waals surface area (Å²) in [6, 6.07) is 100. The number of aromatic nitrogens is 2. The highest BCUT2D eigenvalue weighted by molar-refractivity contribution is 7.22. The third kappa shape index (κ3) is 8.53. The summed E-state index contributed by atoms with van der Waals surface area (Å²) in [5, 5.41) is 4.77. The molecule has 0 aliphatic carbocycles. The van der Waals surface area contributed by atoms with Crippen LogP contribution in [0.4, 0.5) is 34.1 Å². The van der Waals surface area contributed by atoms with Crippen LogP contribution in [-0.4, -0.2) is 18.0 Å². The number of fused-ring (bicyclic) bond motifs is 7. The van der Waals surface area contributed by atoms with Crippen molar-refractivity contribution in [1.29, 1.82) is 0 Å². The Balaban J connectivity index is 1.11. The molecule has 0 fully saturated rings. The van der Waals surface area contributed by atoms with Crippen molar-refractivity contribution in [3.05, 3.63) is 301 Å². The van der Waals surface area contributed by atoms with Crippen LogP contribution in [0.25, 0.3) is 78.5 Å². The molecule has 0 bridgehead atoms. The Morgan fingerprint density at radius 3 is 0.929 bits per heavy atom. The minimum absolute atomic E-state index is 0.559. The van der Waals surface area contributed by atoms with E-state index in [2.05, 4.69) is 317 Å². The van der Waals surface area contributed by atoms with E-state index in [1.807, 2.05) is 0 Å². The topological polar surface area (TPSA) is 58.5 Å². The Hall–Kier alpha value is -10.6. The molecule has 0 radical (unpaired) electrons. The summed E-state index contributed by atoms with van der Waals surface area (Å²) in [5.74, 6) is 1.12. The molecule has 0 saturated heterocycles. The number of hydrogen-bond donors (Lipinski definition) is 0. The van der Waals surface area contributed by atoms with Crippen LogP contribution in [0, 0.1) is 27.7 Å². The zero-order valence-corrected chi connectivity index (χ0v) is 48.7. The smallest absolute Gasteiger partial charge is 0.227 e. The van der Waals surface area contributed by atoms with Gasteiger partial charge in [-0.05, 0) is 154 Å². The number of para-hydroxylation sites is 2. The third-order valence-corrected chi connectivity index (χ3v) is 21.9. The molecule has 7 heteroatoms. The van der Waals surface area contributed by atoms with Gasteiger partial charge >= 0.3 is 0 Å². The molecular formula is C78H58N4O2Si. The molecule has 406 valence electrons. The van der Waals surface area contributed by atoms with E-state index in [0.29, 0.717) is 22.9 Å². The zero-order valence-electron chi connectivity index (χ0n) is 47.7. The van der Waals surface area contributed by atoms with E-state index in [9.17, 15) is 0 Å². The van der Waals surface area contributed by atoms with Crippen molar-refractivity contribution in [1.82, 2.24) is 9.97 Å². The molecule has 1 aliphatic rings. The van der Waals surface area contributed by atoms with Crippen LogP contribution in [0.1, 0.15) is 22.3 Å². The Bertz CT molecular complexity index is 4430. The molecule has 0 atom stereocenters. The van der Waals surface area contributed by atoms with Gasteiger partial charge in [0.1, 0.15) is 11.0 Å². The molecule has 85 heavy (non-hydrogen) atoms. The second-order valence-electron chi connectivity index (χ2n) is 22.2. The van der Waals surface area contributed by atoms with Crippen LogP contribution >= 0.6 is 0 Å². The molecule has 15 rings (SSSR count). The van der Waals surface area contributed by atoms with Gasteiger partial charge in [0.25, 0.3) is 0 Å². The van der Waals surface area contributed by atoms with Crippen molar-refractivity contribution in [3.63, 3.8) is 0 Å². The summed E-state index contributed by atoms with van der Waals surface area (Å²) in [6.07, 6.45) is 0. The van der Waals surface area contributed by atoms with E-state index in [4.69, 9.17) is 18.8 Å². The van der Waals surface area contributed by atoms with E-state index in [-0.39, 0.29) is 0 Å². The predicted molar refractivity (Wildman–Crippen MR) is 354 cm³/mol. The first kappa shape index (κ1) is 51.3. The summed E-state index contributed by atoms with van der Waals surface area (Å²) in [5.41, 5.74) is 21.4. The fourth-order valence-corrected chi connectivity index (χ4v) is 18.4. The fraction of sp³-hybridized carbons (Fsp3) is 0.0513. The quantitative estimate of drug-likeness (QED) is 0.114. The normalized spacial score (nSPS) is 12.3. The van der Waals surface area contributed by atoms with Gasteiger partial charge in [0, 0.05) is 45.0 Å². The lowest BCUT2D eigenvalue weighted by Gasteiger charge is -2.33. The van der Waals surface area contributed by atoms with Crippen LogP contribution in [0.3, 0.4) is 0 Å². The Labute approximate surface area is 496 Å². The molecule has 3 heterocycles. The molecule has 1 aliphatic heterocycles. The highest BCUT2D eigenvalue weighted by Gasteiger charge is 2.53. The first-order valence-corrected chi connectivity index (χ1v) is 31.1. The summed E-state index contributed by atoms with van der Waals surface area (Å²) in [6.45, 7) is 8.59. The van der Waals surface area contributed by atoms with Gasteiger partial charge in [0.2, 0.25) is 11.8 Å². The molecule has 0 unspecified atom stereocenters. The number of nitrogens with zero attached hydrogens (tertiary/aromatic N) is 4. The summed E-state index contributed by atoms with van der Waals surface area (Å²) in [4.78, 5) is 16.2. The first-order valence-electron chi connectivity index (χ1n) is 29.1. The molecule has 2 aromatic heterocycles. The minimum atomic E-state index is -3.54. The van der Waals surface area contributed by atoms with E-state index in [0.717, 1.165) is 122 Å². The number of aryl methyl sites for hydroxylation is 4. The van der Waals surface area contributed by atoms with Crippen LogP contribution < -0.4 is 30.5 Å². The number of rotatable bonds is 12. The highest BCUT2D eigenvalue weighted by Crippen LogP contribution is 2.51. The molecule has 12 aromatic carbocycles. The van der Waals surface area contributed by atoms with Gasteiger partial charge in [-0.15, -0.1) is 0 Å². The van der Waals surface area contributed by atoms with Crippen molar-refractivity contribution in [2.45, 2.75) is 27.7 Å². The van der Waals surface area contributed by atoms with Gasteiger partial charge in [-0.1, -0.05) is 218 Å². The van der Waals surface area contributed by atoms with Crippen molar-refractivity contribution < 1.29 is 8.83 Å². The number of benzene rings is 12. The summed E-state index contributed by atoms with van der Waals surface area (Å²) < 4.78 is 15.3. The van der Waals surface area contributed by atoms with Crippen LogP contribution in [0.5, 0.6) is 0 Å². The monoisotopic (exact) mass is 1110 g/mol. The van der Waals surface area contributed by atoms with Crippen LogP contribution in [-0.2, 0) is 0 Å². The molecule has 0 spiro atoms. The molecule has 0 N–H and O–H groups in total. The largest absolute Gasteiger partial charge is 0.435 e. The number of oxazole rings is 2. The Morgan fingerprint density at radius 2 is 0.588 bits per heavy atom. The second kappa shape index (κ2) is 21.0. The van der Waals surface area contributed by atoms with Gasteiger partial charge in [0.15, 0.2) is 19.2 Å². The van der Waals surface area contributed by atoms with Gasteiger partial charge in [-0.3, -0.25) is 0 Å². The molecular weight excluding hydrogens is 1050 g/mol. The first-order chi connectivity index (χ1) is 41.8. The number of hydrogen-bond acceptors (Lipinski definition) is 6. The maximum absolute atomic E-state index is 7.67. The average molecular weight is 1110 g/mol. The Morgan fingerprint density at radius 1 is 0.294 bits per heavy atom. The van der Waals surface area contributed by atoms with Crippen molar-refractivity contribution >= 4 is 85.1 Å². The van der Waals surface area contributed by atoms with Gasteiger partial charge < -0.3 is 18.6 Å². The van der Waals surface area contributed by atoms with Crippen LogP contribution in [0.2, 0.25) is 0 Å². The van der Waals surface area contributed by atoms with Crippen molar-refractivity contribution in [3.8, 4) is 56.3 Å². The third-order valence-electron chi connectivity index (χ3n) is 17.1. The van der Waals surface area contributed by atoms with E-state index >= 15 is 0 Å². The van der Waals surface area contributed by atoms with Crippen LogP contribution in [0.15, 0.2) is 288 Å². The lowest BCUT2D eigenvalue weighted by molar-refractivity contribution is 0.616. The average Bonchev–Trinajstić information content (AvgIpc) is 1.55. The molecule has 0 saturated carbocycles. The van der Waals surface area contributed by atoms with E-state index < -0.39 is 8.07 Å². The lowest BCUT2D eigenvalue weighted by atomic mass is 10.00. The second-order valence-corrected chi connectivity index (χ2v) is 25.9. The molecule has 0 amide bonds. The lowest BCUT2D eigenvalue weighted by Crippen LogP contribution is -2.72. The van der Waals surface area contributed by atoms with Crippen molar-refractivity contribution in [2.75, 3.05) is 9.80 Å². The minimum Gasteiger partial charge on any atom is -0.435 e. The van der Waals surface area contributed by atoms with Gasteiger partial charge in [-0.2, -0.15) is 0 Å². The van der Waals surface area contributed by atoms with Crippen molar-refractivity contribution in [2.24, 2.45) is 0 Å². The SMILES string of the molecule is Cc1cccc(C)c1-c1nc2c(N(c3ccccc3)c3ccc(-c4ccccc4)cc3)cc3c(c2o1)-c1c(cc(N(c2ccccc2)c2ccc(-c4ccccc4)cc2)c2nc(-c4c(C)cccc4C)oc12)[Si]3(c1ccccc1)c1ccccc1. The standard InChI is InChI=1S/C78H58N4O2Si/c1-51-25-23-26-52(2)69(51)77-79-73-65(81(59-33-15-7-16-34-59)61-45-41-57(42-46-61)55-29-11-5-12-30-55)49-67-71(75(73)83-77)72-68(85(67,63-37-19-9-20-38-63)64-39-21-10-22-40-64)50-66(74-76(72)84-78(80-74)70-53(3)27-24-28-54(70)4)82(60-35-17-8-18-36-60)62-47-43-58(44-48-62)56-31-13-6-14-32-56/h5-50H,1-4H3.